The third-order valence-corrected chi connectivity index (χ3v) is 11.2. The predicted octanol–water partition coefficient (Wildman–Crippen LogP) is 3.71. The van der Waals surface area contributed by atoms with Gasteiger partial charge in [0.1, 0.15) is 0 Å². The molecule has 0 unspecified atom stereocenters. The molecule has 2 heterocycles. The molecule has 0 bridgehead atoms. The molecule has 0 aliphatic carbocycles. The highest BCUT2D eigenvalue weighted by atomic mass is 16.2. The quantitative estimate of drug-likeness (QED) is 0.0400. The van der Waals surface area contributed by atoms with Crippen molar-refractivity contribution in [3.05, 3.63) is 126 Å². The Hall–Kier alpha value is -6.45. The monoisotopic (exact) mass is 845 g/mol. The summed E-state index contributed by atoms with van der Waals surface area (Å²) in [5, 5.41) is 6.59. The van der Waals surface area contributed by atoms with Crippen molar-refractivity contribution < 1.29 is 28.8 Å². The molecule has 15 heteroatoms. The molecule has 5 rings (SSSR count). The van der Waals surface area contributed by atoms with E-state index in [9.17, 15) is 28.8 Å². The number of urea groups is 1. The smallest absolute Gasteiger partial charge is 0.318 e. The summed E-state index contributed by atoms with van der Waals surface area (Å²) in [4.78, 5) is 93.7. The van der Waals surface area contributed by atoms with Crippen molar-refractivity contribution in [1.82, 2.24) is 30.5 Å². The molecule has 10 N–H and O–H groups in total. The lowest BCUT2D eigenvalue weighted by Crippen LogP contribution is -2.51. The second kappa shape index (κ2) is 23.5. The van der Waals surface area contributed by atoms with Crippen LogP contribution in [0.5, 0.6) is 0 Å². The van der Waals surface area contributed by atoms with E-state index >= 15 is 0 Å². The average molecular weight is 846 g/mol. The van der Waals surface area contributed by atoms with Crippen LogP contribution in [0.2, 0.25) is 0 Å². The number of unbranched alkanes of at least 4 members (excludes halogenated alkanes) is 1. The highest BCUT2D eigenvalue weighted by molar-refractivity contribution is 5.96. The molecular formula is C47H59N9O6. The summed E-state index contributed by atoms with van der Waals surface area (Å²) in [5.41, 5.74) is 21.7. The molecule has 0 saturated carbocycles. The number of primary amides is 1. The number of amides is 4. The van der Waals surface area contributed by atoms with Crippen molar-refractivity contribution in [1.29, 1.82) is 0 Å². The van der Waals surface area contributed by atoms with Crippen LogP contribution >= 0.6 is 0 Å². The third-order valence-electron chi connectivity index (χ3n) is 11.2. The highest BCUT2D eigenvalue weighted by Gasteiger charge is 2.32. The number of carbonyl (C=O) groups excluding carboxylic acids is 6. The van der Waals surface area contributed by atoms with E-state index in [1.165, 1.54) is 11.2 Å². The number of imidazole rings is 1. The lowest BCUT2D eigenvalue weighted by atomic mass is 9.89. The zero-order valence-corrected chi connectivity index (χ0v) is 35.3. The molecule has 5 atom stereocenters. The van der Waals surface area contributed by atoms with E-state index in [0.717, 1.165) is 27.6 Å². The summed E-state index contributed by atoms with van der Waals surface area (Å²) in [6.45, 7) is 1.86. The maximum Gasteiger partial charge on any atom is 0.318 e. The van der Waals surface area contributed by atoms with Crippen LogP contribution in [0.1, 0.15) is 61.4 Å². The summed E-state index contributed by atoms with van der Waals surface area (Å²) >= 11 is 0. The van der Waals surface area contributed by atoms with Crippen molar-refractivity contribution in [3.8, 4) is 0 Å². The van der Waals surface area contributed by atoms with Crippen LogP contribution in [0.25, 0.3) is 10.9 Å². The van der Waals surface area contributed by atoms with Crippen LogP contribution in [0.4, 0.5) is 4.79 Å². The van der Waals surface area contributed by atoms with Gasteiger partial charge in [-0.15, -0.1) is 0 Å². The molecule has 0 spiro atoms. The maximum atomic E-state index is 14.5. The number of aromatic amines is 2. The van der Waals surface area contributed by atoms with Gasteiger partial charge in [-0.2, -0.15) is 0 Å². The standard InChI is InChI=1S/C47H59N9O6/c1-31(54-47(62)56(21-19-32-12-4-2-5-13-32)29-44(59)39(49)26-37-28-51-30-53-37)42(57)25-35(23-36-27-52-40-18-9-8-17-38(36)40)46(61)55-41(22-33-14-6-3-7-15-33)43(58)24-34(45(50)60)16-10-11-20-48/h2-9,12-15,17-18,27-28,30-31,34-35,39,41,52H,10-11,16,19-26,29,48-49H2,1H3,(H2,50,60)(H,51,53)(H,54,62)(H,55,61)/t31-,34+,35+,39-,41+/m0/s1. The first-order valence-electron chi connectivity index (χ1n) is 21.2. The minimum Gasteiger partial charge on any atom is -0.369 e. The number of ketones is 3. The van der Waals surface area contributed by atoms with Crippen LogP contribution < -0.4 is 27.8 Å². The third kappa shape index (κ3) is 14.1. The van der Waals surface area contributed by atoms with E-state index in [4.69, 9.17) is 17.2 Å². The summed E-state index contributed by atoms with van der Waals surface area (Å²) in [6, 6.07) is 22.7. The first kappa shape index (κ1) is 46.6. The summed E-state index contributed by atoms with van der Waals surface area (Å²) < 4.78 is 0. The fraction of sp³-hybridized carbons (Fsp3) is 0.383. The number of carbonyl (C=O) groups is 6. The SMILES string of the molecule is C[C@H](NC(=O)N(CCc1ccccc1)CC(=O)[C@@H](N)Cc1cnc[nH]1)C(=O)C[C@@H](Cc1c[nH]c2ccccc12)C(=O)N[C@H](Cc1ccccc1)C(=O)C[C@@H](CCCCN)C(N)=O. The van der Waals surface area contributed by atoms with Gasteiger partial charge >= 0.3 is 6.03 Å². The Morgan fingerprint density at radius 3 is 2.11 bits per heavy atom. The molecule has 4 amide bonds. The van der Waals surface area contributed by atoms with Gasteiger partial charge in [-0.05, 0) is 68.3 Å². The summed E-state index contributed by atoms with van der Waals surface area (Å²) in [5.74, 6) is -3.97. The van der Waals surface area contributed by atoms with Gasteiger partial charge in [-0.1, -0.05) is 85.3 Å². The average Bonchev–Trinajstić information content (AvgIpc) is 3.94. The minimum absolute atomic E-state index is 0.142. The van der Waals surface area contributed by atoms with Crippen LogP contribution in [-0.4, -0.2) is 92.8 Å². The number of hydrogen-bond acceptors (Lipinski definition) is 9. The predicted molar refractivity (Wildman–Crippen MR) is 237 cm³/mol. The largest absolute Gasteiger partial charge is 0.369 e. The molecule has 3 aromatic carbocycles. The van der Waals surface area contributed by atoms with Crippen LogP contribution in [0.15, 0.2) is 104 Å². The van der Waals surface area contributed by atoms with Crippen molar-refractivity contribution in [2.24, 2.45) is 29.0 Å². The summed E-state index contributed by atoms with van der Waals surface area (Å²) in [7, 11) is 0. The van der Waals surface area contributed by atoms with Crippen molar-refractivity contribution in [2.45, 2.75) is 82.8 Å². The molecule has 2 aromatic heterocycles. The molecule has 0 aliphatic heterocycles. The van der Waals surface area contributed by atoms with Crippen LogP contribution in [0.3, 0.4) is 0 Å². The second-order valence-electron chi connectivity index (χ2n) is 15.9. The van der Waals surface area contributed by atoms with Gasteiger partial charge in [0, 0.05) is 66.6 Å². The topological polar surface area (TPSA) is 252 Å². The van der Waals surface area contributed by atoms with E-state index in [1.54, 1.807) is 19.3 Å². The summed E-state index contributed by atoms with van der Waals surface area (Å²) in [6.07, 6.45) is 7.08. The number of nitrogens with zero attached hydrogens (tertiary/aromatic N) is 2. The molecule has 15 nitrogen and oxygen atoms in total. The number of benzene rings is 3. The molecule has 328 valence electrons. The number of Topliss-reactive ketones (excluding diaryl/α,β-unsaturated/α-hetero) is 3. The Labute approximate surface area is 362 Å². The number of hydrogen-bond donors (Lipinski definition) is 7. The first-order chi connectivity index (χ1) is 29.9. The fourth-order valence-corrected chi connectivity index (χ4v) is 7.46. The number of fused-ring (bicyclic) bond motifs is 1. The van der Waals surface area contributed by atoms with Gasteiger partial charge in [0.25, 0.3) is 0 Å². The van der Waals surface area contributed by atoms with E-state index in [2.05, 4.69) is 25.6 Å². The molecule has 0 aliphatic rings. The van der Waals surface area contributed by atoms with Gasteiger partial charge < -0.3 is 42.7 Å². The van der Waals surface area contributed by atoms with Crippen LogP contribution in [-0.2, 0) is 49.7 Å². The van der Waals surface area contributed by atoms with Gasteiger partial charge in [0.05, 0.1) is 31.0 Å². The molecule has 5 aromatic rings. The number of para-hydroxylation sites is 1. The van der Waals surface area contributed by atoms with Gasteiger partial charge in [0.15, 0.2) is 17.3 Å². The Morgan fingerprint density at radius 2 is 1.44 bits per heavy atom. The van der Waals surface area contributed by atoms with E-state index in [1.807, 2.05) is 84.9 Å². The van der Waals surface area contributed by atoms with Gasteiger partial charge in [0.2, 0.25) is 11.8 Å². The molecular weight excluding hydrogens is 787 g/mol. The molecule has 0 saturated heterocycles. The Morgan fingerprint density at radius 1 is 0.758 bits per heavy atom. The Kier molecular flexibility index (Phi) is 17.7. The van der Waals surface area contributed by atoms with Crippen LogP contribution in [0, 0.1) is 11.8 Å². The zero-order chi connectivity index (χ0) is 44.4. The number of nitrogens with two attached hydrogens (primary N) is 3. The number of H-pyrrole nitrogens is 2. The molecule has 0 fully saturated rings. The number of nitrogens with one attached hydrogen (secondary N) is 4. The van der Waals surface area contributed by atoms with Gasteiger partial charge in [-0.25, -0.2) is 9.78 Å². The normalized spacial score (nSPS) is 13.7. The number of aromatic nitrogens is 3. The second-order valence-corrected chi connectivity index (χ2v) is 15.9. The first-order valence-corrected chi connectivity index (χ1v) is 21.2. The van der Waals surface area contributed by atoms with Crippen molar-refractivity contribution >= 4 is 46.1 Å². The molecule has 0 radical (unpaired) electrons. The fourth-order valence-electron chi connectivity index (χ4n) is 7.46. The highest BCUT2D eigenvalue weighted by Crippen LogP contribution is 2.24. The lowest BCUT2D eigenvalue weighted by molar-refractivity contribution is -0.133. The van der Waals surface area contributed by atoms with E-state index in [-0.39, 0.29) is 56.8 Å². The van der Waals surface area contributed by atoms with E-state index in [0.29, 0.717) is 37.9 Å². The Bertz CT molecular complexity index is 2230. The zero-order valence-electron chi connectivity index (χ0n) is 35.3. The minimum atomic E-state index is -1.06. The number of rotatable bonds is 26. The van der Waals surface area contributed by atoms with Crippen molar-refractivity contribution in [2.75, 3.05) is 19.6 Å². The van der Waals surface area contributed by atoms with Crippen molar-refractivity contribution in [3.63, 3.8) is 0 Å². The van der Waals surface area contributed by atoms with E-state index < -0.39 is 53.6 Å². The maximum absolute atomic E-state index is 14.5. The Balaban J connectivity index is 1.34. The van der Waals surface area contributed by atoms with Gasteiger partial charge in [-0.3, -0.25) is 24.0 Å². The lowest BCUT2D eigenvalue weighted by Gasteiger charge is -2.27. The molecule has 62 heavy (non-hydrogen) atoms.